The summed E-state index contributed by atoms with van der Waals surface area (Å²) in [4.78, 5) is 14.4. The van der Waals surface area contributed by atoms with E-state index in [0.717, 1.165) is 0 Å². The SMILES string of the molecule is CC(=O)OC[C@H]1C=C[C@@H](N=C=S)CO1. The number of hydrogen-bond acceptors (Lipinski definition) is 5. The monoisotopic (exact) mass is 213 g/mol. The molecule has 14 heavy (non-hydrogen) atoms. The molecule has 0 bridgehead atoms. The summed E-state index contributed by atoms with van der Waals surface area (Å²) in [6.07, 6.45) is 3.51. The zero-order chi connectivity index (χ0) is 10.4. The molecule has 0 N–H and O–H groups in total. The van der Waals surface area contributed by atoms with Gasteiger partial charge in [0, 0.05) is 6.92 Å². The first-order chi connectivity index (χ1) is 6.72. The van der Waals surface area contributed by atoms with Crippen LogP contribution in [0.1, 0.15) is 6.92 Å². The number of isothiocyanates is 1. The molecule has 5 heteroatoms. The topological polar surface area (TPSA) is 47.9 Å². The van der Waals surface area contributed by atoms with Crippen LogP contribution in [0.4, 0.5) is 0 Å². The van der Waals surface area contributed by atoms with E-state index in [9.17, 15) is 4.79 Å². The molecule has 0 aliphatic carbocycles. The van der Waals surface area contributed by atoms with E-state index in [0.29, 0.717) is 6.61 Å². The van der Waals surface area contributed by atoms with Gasteiger partial charge in [0.05, 0.1) is 11.8 Å². The number of rotatable bonds is 3. The van der Waals surface area contributed by atoms with Gasteiger partial charge in [-0.25, -0.2) is 4.99 Å². The van der Waals surface area contributed by atoms with Crippen molar-refractivity contribution in [2.75, 3.05) is 13.2 Å². The molecule has 2 atom stereocenters. The van der Waals surface area contributed by atoms with Crippen LogP contribution in [0.15, 0.2) is 17.1 Å². The summed E-state index contributed by atoms with van der Waals surface area (Å²) in [5.74, 6) is -0.305. The number of hydrogen-bond donors (Lipinski definition) is 0. The number of nitrogens with zero attached hydrogens (tertiary/aromatic N) is 1. The zero-order valence-electron chi connectivity index (χ0n) is 7.80. The molecule has 0 radical (unpaired) electrons. The highest BCUT2D eigenvalue weighted by atomic mass is 32.1. The third-order valence-corrected chi connectivity index (χ3v) is 1.80. The van der Waals surface area contributed by atoms with Gasteiger partial charge in [0.15, 0.2) is 0 Å². The van der Waals surface area contributed by atoms with Crippen molar-refractivity contribution >= 4 is 23.3 Å². The molecule has 1 rings (SSSR count). The predicted molar refractivity (Wildman–Crippen MR) is 54.3 cm³/mol. The first-order valence-corrected chi connectivity index (χ1v) is 4.63. The lowest BCUT2D eigenvalue weighted by Gasteiger charge is -2.20. The van der Waals surface area contributed by atoms with Gasteiger partial charge < -0.3 is 9.47 Å². The predicted octanol–water partition coefficient (Wildman–Crippen LogP) is 0.976. The Morgan fingerprint density at radius 1 is 1.79 bits per heavy atom. The molecule has 1 aliphatic heterocycles. The second-order valence-corrected chi connectivity index (χ2v) is 3.03. The van der Waals surface area contributed by atoms with Crippen molar-refractivity contribution in [3.63, 3.8) is 0 Å². The summed E-state index contributed by atoms with van der Waals surface area (Å²) in [6.45, 7) is 2.07. The molecule has 0 spiro atoms. The summed E-state index contributed by atoms with van der Waals surface area (Å²) in [7, 11) is 0. The number of carbonyl (C=O) groups is 1. The fourth-order valence-electron chi connectivity index (χ4n) is 1.04. The van der Waals surface area contributed by atoms with Crippen LogP contribution in [0.3, 0.4) is 0 Å². The molecule has 0 amide bonds. The lowest BCUT2D eigenvalue weighted by Crippen LogP contribution is -2.27. The van der Waals surface area contributed by atoms with Crippen molar-refractivity contribution in [2.24, 2.45) is 4.99 Å². The van der Waals surface area contributed by atoms with Crippen molar-refractivity contribution in [1.82, 2.24) is 0 Å². The Morgan fingerprint density at radius 2 is 2.57 bits per heavy atom. The standard InChI is InChI=1S/C9H11NO3S/c1-7(11)12-5-9-3-2-8(4-13-9)10-6-14/h2-3,8-9H,4-5H2,1H3/t8-,9-/m1/s1. The molecular formula is C9H11NO3S. The fourth-order valence-corrected chi connectivity index (χ4v) is 1.17. The van der Waals surface area contributed by atoms with Gasteiger partial charge >= 0.3 is 5.97 Å². The highest BCUT2D eigenvalue weighted by Gasteiger charge is 2.15. The maximum Gasteiger partial charge on any atom is 0.302 e. The zero-order valence-corrected chi connectivity index (χ0v) is 8.62. The van der Waals surface area contributed by atoms with Gasteiger partial charge in [-0.15, -0.1) is 0 Å². The number of esters is 1. The lowest BCUT2D eigenvalue weighted by atomic mass is 10.2. The second kappa shape index (κ2) is 5.65. The minimum absolute atomic E-state index is 0.0546. The van der Waals surface area contributed by atoms with E-state index >= 15 is 0 Å². The highest BCUT2D eigenvalue weighted by Crippen LogP contribution is 2.08. The number of carbonyl (C=O) groups excluding carboxylic acids is 1. The Labute approximate surface area is 87.6 Å². The molecule has 0 aromatic rings. The van der Waals surface area contributed by atoms with E-state index in [-0.39, 0.29) is 24.7 Å². The van der Waals surface area contributed by atoms with Crippen molar-refractivity contribution in [1.29, 1.82) is 0 Å². The minimum atomic E-state index is -0.305. The summed E-state index contributed by atoms with van der Waals surface area (Å²) >= 11 is 4.47. The van der Waals surface area contributed by atoms with E-state index in [2.05, 4.69) is 22.4 Å². The normalized spacial score (nSPS) is 25.2. The summed E-state index contributed by atoms with van der Waals surface area (Å²) in [5, 5.41) is 2.29. The maximum atomic E-state index is 10.5. The van der Waals surface area contributed by atoms with Crippen molar-refractivity contribution in [3.05, 3.63) is 12.2 Å². The van der Waals surface area contributed by atoms with Crippen molar-refractivity contribution in [3.8, 4) is 0 Å². The van der Waals surface area contributed by atoms with Gasteiger partial charge in [0.25, 0.3) is 0 Å². The fraction of sp³-hybridized carbons (Fsp3) is 0.556. The number of aliphatic imine (C=N–C) groups is 1. The van der Waals surface area contributed by atoms with E-state index in [1.165, 1.54) is 6.92 Å². The molecule has 0 fully saturated rings. The Balaban J connectivity index is 2.36. The molecule has 0 unspecified atom stereocenters. The third kappa shape index (κ3) is 3.79. The van der Waals surface area contributed by atoms with E-state index in [1.807, 2.05) is 12.2 Å². The Morgan fingerprint density at radius 3 is 3.07 bits per heavy atom. The van der Waals surface area contributed by atoms with Gasteiger partial charge in [-0.2, -0.15) is 0 Å². The average molecular weight is 213 g/mol. The van der Waals surface area contributed by atoms with Crippen LogP contribution < -0.4 is 0 Å². The van der Waals surface area contributed by atoms with Crippen LogP contribution in [0.2, 0.25) is 0 Å². The maximum absolute atomic E-state index is 10.5. The van der Waals surface area contributed by atoms with Crippen molar-refractivity contribution < 1.29 is 14.3 Å². The number of thiocarbonyl (C=S) groups is 1. The lowest BCUT2D eigenvalue weighted by molar-refractivity contribution is -0.144. The first kappa shape index (κ1) is 11.0. The average Bonchev–Trinajstić information content (AvgIpc) is 2.17. The van der Waals surface area contributed by atoms with E-state index < -0.39 is 0 Å². The van der Waals surface area contributed by atoms with Crippen LogP contribution >= 0.6 is 12.2 Å². The Hall–Kier alpha value is -1.03. The van der Waals surface area contributed by atoms with Crippen LogP contribution in [0.5, 0.6) is 0 Å². The van der Waals surface area contributed by atoms with E-state index in [1.54, 1.807) is 0 Å². The smallest absolute Gasteiger partial charge is 0.302 e. The molecule has 1 aliphatic rings. The number of ether oxygens (including phenoxy) is 2. The van der Waals surface area contributed by atoms with Crippen LogP contribution in [-0.4, -0.2) is 36.5 Å². The molecule has 76 valence electrons. The molecule has 0 saturated carbocycles. The Bertz CT molecular complexity index is 284. The first-order valence-electron chi connectivity index (χ1n) is 4.22. The molecule has 0 aromatic carbocycles. The molecule has 0 aromatic heterocycles. The van der Waals surface area contributed by atoms with Crippen LogP contribution in [0, 0.1) is 0 Å². The van der Waals surface area contributed by atoms with Gasteiger partial charge in [0.2, 0.25) is 0 Å². The summed E-state index contributed by atoms with van der Waals surface area (Å²) in [6, 6.07) is -0.0546. The molecule has 4 nitrogen and oxygen atoms in total. The van der Waals surface area contributed by atoms with E-state index in [4.69, 9.17) is 9.47 Å². The minimum Gasteiger partial charge on any atom is -0.463 e. The largest absolute Gasteiger partial charge is 0.463 e. The van der Waals surface area contributed by atoms with Gasteiger partial charge in [-0.3, -0.25) is 4.79 Å². The molecular weight excluding hydrogens is 202 g/mol. The van der Waals surface area contributed by atoms with Gasteiger partial charge in [-0.1, -0.05) is 12.2 Å². The second-order valence-electron chi connectivity index (χ2n) is 2.85. The third-order valence-electron chi connectivity index (χ3n) is 1.70. The summed E-state index contributed by atoms with van der Waals surface area (Å²) in [5.41, 5.74) is 0. The molecule has 1 heterocycles. The van der Waals surface area contributed by atoms with Crippen LogP contribution in [0.25, 0.3) is 0 Å². The van der Waals surface area contributed by atoms with Gasteiger partial charge in [-0.05, 0) is 12.2 Å². The van der Waals surface area contributed by atoms with Crippen LogP contribution in [-0.2, 0) is 14.3 Å². The quantitative estimate of drug-likeness (QED) is 0.303. The van der Waals surface area contributed by atoms with Gasteiger partial charge in [0.1, 0.15) is 18.8 Å². The molecule has 0 saturated heterocycles. The highest BCUT2D eigenvalue weighted by molar-refractivity contribution is 7.78. The summed E-state index contributed by atoms with van der Waals surface area (Å²) < 4.78 is 10.1. The van der Waals surface area contributed by atoms with Crippen molar-refractivity contribution in [2.45, 2.75) is 19.1 Å². The Kier molecular flexibility index (Phi) is 4.46.